The molecule has 1 saturated heterocycles. The van der Waals surface area contributed by atoms with Gasteiger partial charge in [-0.05, 0) is 74.6 Å². The minimum absolute atomic E-state index is 0.756. The summed E-state index contributed by atoms with van der Waals surface area (Å²) < 4.78 is 0. The molecule has 2 unspecified atom stereocenters. The van der Waals surface area contributed by atoms with E-state index in [1.165, 1.54) is 56.3 Å². The van der Waals surface area contributed by atoms with Crippen molar-refractivity contribution < 1.29 is 0 Å². The molecule has 23 heavy (non-hydrogen) atoms. The van der Waals surface area contributed by atoms with Crippen molar-refractivity contribution in [3.63, 3.8) is 0 Å². The van der Waals surface area contributed by atoms with Crippen molar-refractivity contribution in [2.24, 2.45) is 11.8 Å². The summed E-state index contributed by atoms with van der Waals surface area (Å²) in [5.41, 5.74) is 2.86. The smallest absolute Gasteiger partial charge is 0.0366 e. The molecule has 0 saturated carbocycles. The number of hydrogen-bond acceptors (Lipinski definition) is 2. The molecule has 1 aliphatic heterocycles. The summed E-state index contributed by atoms with van der Waals surface area (Å²) >= 11 is 0. The van der Waals surface area contributed by atoms with Gasteiger partial charge in [0.15, 0.2) is 0 Å². The number of hydrogen-bond donors (Lipinski definition) is 1. The number of benzene rings is 1. The van der Waals surface area contributed by atoms with E-state index in [0.717, 1.165) is 24.4 Å². The topological polar surface area (TPSA) is 15.3 Å². The molecule has 1 aliphatic rings. The molecular weight excluding hydrogens is 280 g/mol. The van der Waals surface area contributed by atoms with Gasteiger partial charge >= 0.3 is 0 Å². The third-order valence-corrected chi connectivity index (χ3v) is 5.06. The molecule has 1 aromatic rings. The van der Waals surface area contributed by atoms with Crippen LogP contribution in [-0.2, 0) is 6.42 Å². The Kier molecular flexibility index (Phi) is 7.42. The molecule has 0 aliphatic carbocycles. The van der Waals surface area contributed by atoms with Crippen molar-refractivity contribution in [1.82, 2.24) is 5.32 Å². The van der Waals surface area contributed by atoms with Crippen LogP contribution in [0.2, 0.25) is 0 Å². The van der Waals surface area contributed by atoms with Gasteiger partial charge in [-0.15, -0.1) is 0 Å². The molecule has 0 bridgehead atoms. The van der Waals surface area contributed by atoms with Crippen molar-refractivity contribution in [2.75, 3.05) is 25.0 Å². The summed E-state index contributed by atoms with van der Waals surface area (Å²) in [6.07, 6.45) is 7.83. The van der Waals surface area contributed by atoms with Crippen LogP contribution in [0.15, 0.2) is 24.3 Å². The Morgan fingerprint density at radius 1 is 1.26 bits per heavy atom. The molecule has 1 N–H and O–H groups in total. The third kappa shape index (κ3) is 6.55. The molecular formula is C21H36N2. The molecule has 130 valence electrons. The zero-order valence-corrected chi connectivity index (χ0v) is 15.6. The van der Waals surface area contributed by atoms with Crippen LogP contribution >= 0.6 is 0 Å². The average molecular weight is 317 g/mol. The lowest BCUT2D eigenvalue weighted by atomic mass is 9.93. The first-order chi connectivity index (χ1) is 11.0. The van der Waals surface area contributed by atoms with E-state index < -0.39 is 0 Å². The number of anilines is 1. The number of nitrogens with one attached hydrogen (secondary N) is 1. The van der Waals surface area contributed by atoms with E-state index in [2.05, 4.69) is 62.3 Å². The largest absolute Gasteiger partial charge is 0.375 e. The number of nitrogens with zero attached hydrogens (tertiary/aromatic N) is 1. The van der Waals surface area contributed by atoms with Crippen molar-refractivity contribution in [2.45, 2.75) is 65.3 Å². The minimum Gasteiger partial charge on any atom is -0.375 e. The normalized spacial score (nSPS) is 19.3. The van der Waals surface area contributed by atoms with Crippen LogP contribution in [0.4, 0.5) is 5.69 Å². The second kappa shape index (κ2) is 9.32. The van der Waals surface area contributed by atoms with Crippen molar-refractivity contribution in [3.05, 3.63) is 29.8 Å². The molecule has 2 heteroatoms. The Hall–Kier alpha value is -1.02. The fourth-order valence-corrected chi connectivity index (χ4v) is 3.72. The highest BCUT2D eigenvalue weighted by Gasteiger charge is 2.17. The van der Waals surface area contributed by atoms with Crippen LogP contribution in [0.3, 0.4) is 0 Å². The minimum atomic E-state index is 0.756. The van der Waals surface area contributed by atoms with Gasteiger partial charge in [0.1, 0.15) is 0 Å². The summed E-state index contributed by atoms with van der Waals surface area (Å²) in [6.45, 7) is 9.39. The maximum absolute atomic E-state index is 3.63. The second-order valence-corrected chi connectivity index (χ2v) is 7.97. The predicted molar refractivity (Wildman–Crippen MR) is 102 cm³/mol. The third-order valence-electron chi connectivity index (χ3n) is 5.06. The van der Waals surface area contributed by atoms with E-state index in [1.807, 2.05) is 0 Å². The van der Waals surface area contributed by atoms with Crippen LogP contribution in [-0.4, -0.2) is 26.2 Å². The SMILES string of the molecule is CC(C)CCCN(C)c1cccc(CC(C)CC2CCCN2)c1. The van der Waals surface area contributed by atoms with Gasteiger partial charge in [0.25, 0.3) is 0 Å². The standard InChI is InChI=1S/C21H36N2/c1-17(2)8-7-13-23(4)21-11-5-9-19(16-21)14-18(3)15-20-10-6-12-22-20/h5,9,11,16-18,20,22H,6-8,10,12-15H2,1-4H3. The lowest BCUT2D eigenvalue weighted by Crippen LogP contribution is -2.24. The molecule has 0 radical (unpaired) electrons. The van der Waals surface area contributed by atoms with Crippen LogP contribution in [0.25, 0.3) is 0 Å². The molecule has 0 spiro atoms. The maximum atomic E-state index is 3.63. The van der Waals surface area contributed by atoms with Crippen LogP contribution in [0.5, 0.6) is 0 Å². The van der Waals surface area contributed by atoms with Crippen LogP contribution in [0, 0.1) is 11.8 Å². The van der Waals surface area contributed by atoms with E-state index in [4.69, 9.17) is 0 Å². The Balaban J connectivity index is 1.83. The molecule has 1 aromatic carbocycles. The summed E-state index contributed by atoms with van der Waals surface area (Å²) in [6, 6.07) is 9.93. The van der Waals surface area contributed by atoms with Crippen molar-refractivity contribution >= 4 is 5.69 Å². The molecule has 2 rings (SSSR count). The summed E-state index contributed by atoms with van der Waals surface area (Å²) in [7, 11) is 2.23. The van der Waals surface area contributed by atoms with E-state index in [0.29, 0.717) is 0 Å². The van der Waals surface area contributed by atoms with Gasteiger partial charge in [-0.2, -0.15) is 0 Å². The van der Waals surface area contributed by atoms with Crippen LogP contribution < -0.4 is 10.2 Å². The van der Waals surface area contributed by atoms with E-state index in [-0.39, 0.29) is 0 Å². The molecule has 1 fully saturated rings. The van der Waals surface area contributed by atoms with Gasteiger partial charge in [0.2, 0.25) is 0 Å². The quantitative estimate of drug-likeness (QED) is 0.698. The predicted octanol–water partition coefficient (Wildman–Crippen LogP) is 4.88. The summed E-state index contributed by atoms with van der Waals surface area (Å²) in [4.78, 5) is 2.41. The van der Waals surface area contributed by atoms with Gasteiger partial charge in [0.05, 0.1) is 0 Å². The van der Waals surface area contributed by atoms with Crippen LogP contribution in [0.1, 0.15) is 58.4 Å². The molecule has 0 amide bonds. The van der Waals surface area contributed by atoms with Gasteiger partial charge in [0, 0.05) is 25.3 Å². The van der Waals surface area contributed by atoms with Crippen molar-refractivity contribution in [3.8, 4) is 0 Å². The van der Waals surface area contributed by atoms with E-state index >= 15 is 0 Å². The Morgan fingerprint density at radius 3 is 2.78 bits per heavy atom. The highest BCUT2D eigenvalue weighted by molar-refractivity contribution is 5.47. The Labute approximate surface area is 143 Å². The first kappa shape index (κ1) is 18.3. The average Bonchev–Trinajstić information content (AvgIpc) is 2.99. The highest BCUT2D eigenvalue weighted by Crippen LogP contribution is 2.22. The lowest BCUT2D eigenvalue weighted by molar-refractivity contribution is 0.435. The Bertz CT molecular complexity index is 449. The van der Waals surface area contributed by atoms with Gasteiger partial charge in [-0.1, -0.05) is 32.9 Å². The summed E-state index contributed by atoms with van der Waals surface area (Å²) in [5, 5.41) is 3.63. The zero-order valence-electron chi connectivity index (χ0n) is 15.6. The molecule has 0 aromatic heterocycles. The zero-order chi connectivity index (χ0) is 16.7. The first-order valence-corrected chi connectivity index (χ1v) is 9.58. The first-order valence-electron chi connectivity index (χ1n) is 9.58. The maximum Gasteiger partial charge on any atom is 0.0366 e. The number of rotatable bonds is 9. The molecule has 2 atom stereocenters. The van der Waals surface area contributed by atoms with Gasteiger partial charge in [-0.25, -0.2) is 0 Å². The fourth-order valence-electron chi connectivity index (χ4n) is 3.72. The monoisotopic (exact) mass is 316 g/mol. The Morgan fingerprint density at radius 2 is 2.09 bits per heavy atom. The van der Waals surface area contributed by atoms with E-state index in [1.54, 1.807) is 0 Å². The lowest BCUT2D eigenvalue weighted by Gasteiger charge is -2.22. The summed E-state index contributed by atoms with van der Waals surface area (Å²) in [5.74, 6) is 1.56. The van der Waals surface area contributed by atoms with Gasteiger partial charge in [-0.3, -0.25) is 0 Å². The second-order valence-electron chi connectivity index (χ2n) is 7.97. The van der Waals surface area contributed by atoms with Crippen molar-refractivity contribution in [1.29, 1.82) is 0 Å². The van der Waals surface area contributed by atoms with E-state index in [9.17, 15) is 0 Å². The molecule has 1 heterocycles. The molecule has 2 nitrogen and oxygen atoms in total. The highest BCUT2D eigenvalue weighted by atomic mass is 15.1. The van der Waals surface area contributed by atoms with Gasteiger partial charge < -0.3 is 10.2 Å². The fraction of sp³-hybridized carbons (Fsp3) is 0.714.